The summed E-state index contributed by atoms with van der Waals surface area (Å²) in [7, 11) is 0. The van der Waals surface area contributed by atoms with E-state index < -0.39 is 11.8 Å². The van der Waals surface area contributed by atoms with Crippen LogP contribution in [-0.4, -0.2) is 36.1 Å². The van der Waals surface area contributed by atoms with Crippen molar-refractivity contribution in [3.05, 3.63) is 70.7 Å². The molecule has 2 heterocycles. The molecule has 1 aliphatic heterocycles. The predicted molar refractivity (Wildman–Crippen MR) is 118 cm³/mol. The second kappa shape index (κ2) is 9.72. The number of hydrogen-bond donors (Lipinski definition) is 2. The van der Waals surface area contributed by atoms with Gasteiger partial charge in [0.1, 0.15) is 22.2 Å². The molecular formula is C23H23N3O4S. The minimum atomic E-state index is -0.413. The average molecular weight is 438 g/mol. The fourth-order valence-electron chi connectivity index (χ4n) is 3.22. The van der Waals surface area contributed by atoms with Crippen LogP contribution in [0.2, 0.25) is 0 Å². The number of hydrogen-bond acceptors (Lipinski definition) is 6. The Kier molecular flexibility index (Phi) is 6.59. The molecule has 0 saturated carbocycles. The lowest BCUT2D eigenvalue weighted by Gasteiger charge is -2.12. The van der Waals surface area contributed by atoms with Crippen molar-refractivity contribution in [2.24, 2.45) is 0 Å². The van der Waals surface area contributed by atoms with Crippen LogP contribution in [-0.2, 0) is 4.74 Å². The fourth-order valence-corrected chi connectivity index (χ4v) is 4.19. The summed E-state index contributed by atoms with van der Waals surface area (Å²) in [6.45, 7) is 3.06. The summed E-state index contributed by atoms with van der Waals surface area (Å²) in [6, 6.07) is 16.4. The van der Waals surface area contributed by atoms with Gasteiger partial charge in [0.25, 0.3) is 11.8 Å². The molecule has 0 bridgehead atoms. The van der Waals surface area contributed by atoms with Crippen LogP contribution in [0.5, 0.6) is 5.75 Å². The van der Waals surface area contributed by atoms with E-state index in [-0.39, 0.29) is 6.10 Å². The van der Waals surface area contributed by atoms with E-state index in [2.05, 4.69) is 15.8 Å². The van der Waals surface area contributed by atoms with Gasteiger partial charge in [0.15, 0.2) is 0 Å². The summed E-state index contributed by atoms with van der Waals surface area (Å²) in [5.74, 6) is -0.142. The first-order chi connectivity index (χ1) is 15.1. The van der Waals surface area contributed by atoms with E-state index in [9.17, 15) is 9.59 Å². The molecule has 0 spiro atoms. The Morgan fingerprint density at radius 3 is 2.55 bits per heavy atom. The van der Waals surface area contributed by atoms with E-state index >= 15 is 0 Å². The third-order valence-corrected chi connectivity index (χ3v) is 6.09. The maximum Gasteiger partial charge on any atom is 0.281 e. The molecule has 31 heavy (non-hydrogen) atoms. The highest BCUT2D eigenvalue weighted by Crippen LogP contribution is 2.27. The van der Waals surface area contributed by atoms with Gasteiger partial charge in [-0.1, -0.05) is 30.3 Å². The van der Waals surface area contributed by atoms with Gasteiger partial charge < -0.3 is 9.47 Å². The Morgan fingerprint density at radius 1 is 1.10 bits per heavy atom. The minimum absolute atomic E-state index is 0.135. The number of rotatable bonds is 6. The molecule has 4 rings (SSSR count). The number of aryl methyl sites for hydroxylation is 1. The first-order valence-electron chi connectivity index (χ1n) is 10.1. The van der Waals surface area contributed by atoms with Crippen molar-refractivity contribution >= 4 is 23.2 Å². The van der Waals surface area contributed by atoms with Gasteiger partial charge in [-0.3, -0.25) is 20.4 Å². The van der Waals surface area contributed by atoms with Gasteiger partial charge in [0, 0.05) is 17.7 Å². The molecule has 3 aromatic rings. The van der Waals surface area contributed by atoms with E-state index in [4.69, 9.17) is 9.47 Å². The highest BCUT2D eigenvalue weighted by Gasteiger charge is 2.18. The molecule has 1 saturated heterocycles. The quantitative estimate of drug-likeness (QED) is 0.574. The molecule has 0 unspecified atom stereocenters. The highest BCUT2D eigenvalue weighted by atomic mass is 32.1. The summed E-state index contributed by atoms with van der Waals surface area (Å²) in [5.41, 5.74) is 6.88. The van der Waals surface area contributed by atoms with Gasteiger partial charge in [-0.25, -0.2) is 4.98 Å². The standard InChI is InChI=1S/C23H23N3O4S/c1-15-20(31-23(24-15)17-6-3-2-4-7-17)22(28)26-25-21(27)16-9-11-18(12-10-16)30-14-19-8-5-13-29-19/h2-4,6-7,9-12,19H,5,8,13-14H2,1H3,(H,25,27)(H,26,28)/t19-/m1/s1. The molecule has 7 nitrogen and oxygen atoms in total. The van der Waals surface area contributed by atoms with Crippen molar-refractivity contribution in [1.29, 1.82) is 0 Å². The maximum atomic E-state index is 12.5. The Morgan fingerprint density at radius 2 is 1.84 bits per heavy atom. The van der Waals surface area contributed by atoms with E-state index in [0.29, 0.717) is 28.5 Å². The highest BCUT2D eigenvalue weighted by molar-refractivity contribution is 7.17. The molecule has 160 valence electrons. The Labute approximate surface area is 184 Å². The molecule has 1 aromatic heterocycles. The zero-order valence-corrected chi connectivity index (χ0v) is 17.9. The number of aromatic nitrogens is 1. The van der Waals surface area contributed by atoms with Gasteiger partial charge in [-0.15, -0.1) is 11.3 Å². The topological polar surface area (TPSA) is 89.6 Å². The average Bonchev–Trinajstić information content (AvgIpc) is 3.46. The van der Waals surface area contributed by atoms with E-state index in [1.165, 1.54) is 11.3 Å². The van der Waals surface area contributed by atoms with Gasteiger partial charge in [-0.05, 0) is 44.0 Å². The van der Waals surface area contributed by atoms with Crippen LogP contribution >= 0.6 is 11.3 Å². The first kappa shape index (κ1) is 21.0. The zero-order valence-electron chi connectivity index (χ0n) is 17.1. The third kappa shape index (κ3) is 5.28. The molecule has 2 N–H and O–H groups in total. The molecule has 0 aliphatic carbocycles. The van der Waals surface area contributed by atoms with Crippen molar-refractivity contribution in [1.82, 2.24) is 15.8 Å². The van der Waals surface area contributed by atoms with Gasteiger partial charge in [0.2, 0.25) is 0 Å². The van der Waals surface area contributed by atoms with E-state index in [0.717, 1.165) is 30.0 Å². The molecule has 2 amide bonds. The second-order valence-corrected chi connectivity index (χ2v) is 8.18. The molecule has 1 aliphatic rings. The Balaban J connectivity index is 1.31. The SMILES string of the molecule is Cc1nc(-c2ccccc2)sc1C(=O)NNC(=O)c1ccc(OC[C@H]2CCCO2)cc1. The zero-order chi connectivity index (χ0) is 21.6. The monoisotopic (exact) mass is 437 g/mol. The van der Waals surface area contributed by atoms with Crippen LogP contribution in [0.25, 0.3) is 10.6 Å². The molecular weight excluding hydrogens is 414 g/mol. The van der Waals surface area contributed by atoms with Crippen LogP contribution in [0, 0.1) is 6.92 Å². The largest absolute Gasteiger partial charge is 0.491 e. The number of thiazole rings is 1. The Hall–Kier alpha value is -3.23. The first-order valence-corrected chi connectivity index (χ1v) is 10.9. The lowest BCUT2D eigenvalue weighted by molar-refractivity contribution is 0.0679. The van der Waals surface area contributed by atoms with Crippen LogP contribution in [0.3, 0.4) is 0 Å². The third-order valence-electron chi connectivity index (χ3n) is 4.89. The van der Waals surface area contributed by atoms with Crippen molar-refractivity contribution < 1.29 is 19.1 Å². The summed E-state index contributed by atoms with van der Waals surface area (Å²) in [6.07, 6.45) is 2.20. The lowest BCUT2D eigenvalue weighted by atomic mass is 10.2. The van der Waals surface area contributed by atoms with Crippen molar-refractivity contribution in [3.8, 4) is 16.3 Å². The van der Waals surface area contributed by atoms with Crippen LogP contribution in [0.15, 0.2) is 54.6 Å². The smallest absolute Gasteiger partial charge is 0.281 e. The molecule has 1 atom stereocenters. The number of ether oxygens (including phenoxy) is 2. The summed E-state index contributed by atoms with van der Waals surface area (Å²) in [5, 5.41) is 0.758. The number of carbonyl (C=O) groups is 2. The number of nitrogens with zero attached hydrogens (tertiary/aromatic N) is 1. The predicted octanol–water partition coefficient (Wildman–Crippen LogP) is 3.75. The van der Waals surface area contributed by atoms with Crippen molar-refractivity contribution in [3.63, 3.8) is 0 Å². The van der Waals surface area contributed by atoms with E-state index in [1.807, 2.05) is 30.3 Å². The maximum absolute atomic E-state index is 12.5. The second-order valence-electron chi connectivity index (χ2n) is 7.18. The van der Waals surface area contributed by atoms with Gasteiger partial charge in [0.05, 0.1) is 11.8 Å². The van der Waals surface area contributed by atoms with Crippen LogP contribution in [0.1, 0.15) is 38.6 Å². The number of amides is 2. The van der Waals surface area contributed by atoms with Crippen molar-refractivity contribution in [2.75, 3.05) is 13.2 Å². The summed E-state index contributed by atoms with van der Waals surface area (Å²) < 4.78 is 11.2. The summed E-state index contributed by atoms with van der Waals surface area (Å²) in [4.78, 5) is 29.8. The molecule has 0 radical (unpaired) electrons. The summed E-state index contributed by atoms with van der Waals surface area (Å²) >= 11 is 1.28. The van der Waals surface area contributed by atoms with Crippen LogP contribution < -0.4 is 15.6 Å². The number of benzene rings is 2. The lowest BCUT2D eigenvalue weighted by Crippen LogP contribution is -2.41. The molecule has 2 aromatic carbocycles. The molecule has 1 fully saturated rings. The molecule has 8 heteroatoms. The number of nitrogens with one attached hydrogen (secondary N) is 2. The number of carbonyl (C=O) groups excluding carboxylic acids is 2. The Bertz CT molecular complexity index is 1040. The minimum Gasteiger partial charge on any atom is -0.491 e. The van der Waals surface area contributed by atoms with Gasteiger partial charge in [-0.2, -0.15) is 0 Å². The van der Waals surface area contributed by atoms with Gasteiger partial charge >= 0.3 is 0 Å². The normalized spacial score (nSPS) is 15.5. The van der Waals surface area contributed by atoms with Crippen molar-refractivity contribution in [2.45, 2.75) is 25.9 Å². The number of hydrazine groups is 1. The van der Waals surface area contributed by atoms with E-state index in [1.54, 1.807) is 31.2 Å². The van der Waals surface area contributed by atoms with Crippen LogP contribution in [0.4, 0.5) is 0 Å². The fraction of sp³-hybridized carbons (Fsp3) is 0.261.